The smallest absolute Gasteiger partial charge is 0.192 e. The van der Waals surface area contributed by atoms with E-state index in [4.69, 9.17) is 0 Å². The molecule has 0 bridgehead atoms. The number of alkyl halides is 11. The van der Waals surface area contributed by atoms with Crippen molar-refractivity contribution in [1.29, 1.82) is 0 Å². The lowest BCUT2D eigenvalue weighted by atomic mass is 9.99. The van der Waals surface area contributed by atoms with Crippen LogP contribution in [0.1, 0.15) is 0 Å². The molecule has 115 valence electrons. The Hall–Kier alpha value is -0.550. The molecule has 0 aromatic heterocycles. The van der Waals surface area contributed by atoms with E-state index in [9.17, 15) is 52.7 Å². The minimum Gasteiger partial charge on any atom is -0.192 e. The van der Waals surface area contributed by atoms with Crippen molar-refractivity contribution in [3.05, 3.63) is 6.43 Å². The van der Waals surface area contributed by atoms with Crippen molar-refractivity contribution >= 4 is 11.6 Å². The van der Waals surface area contributed by atoms with Gasteiger partial charge in [0.25, 0.3) is 0 Å². The van der Waals surface area contributed by atoms with Crippen LogP contribution in [0.2, 0.25) is 0 Å². The Kier molecular flexibility index (Phi) is 4.35. The van der Waals surface area contributed by atoms with Crippen molar-refractivity contribution in [1.82, 2.24) is 0 Å². The van der Waals surface area contributed by atoms with Gasteiger partial charge < -0.3 is 0 Å². The fraction of sp³-hybridized carbons (Fsp3) is 0.833. The van der Waals surface area contributed by atoms with E-state index in [1.54, 1.807) is 0 Å². The van der Waals surface area contributed by atoms with Gasteiger partial charge in [-0.25, -0.2) is 0 Å². The third-order valence-electron chi connectivity index (χ3n) is 1.78. The van der Waals surface area contributed by atoms with Gasteiger partial charge in [-0.3, -0.25) is 0 Å². The number of hydrogen-bond acceptors (Lipinski definition) is 0. The molecule has 0 heterocycles. The zero-order valence-electron chi connectivity index (χ0n) is 7.91. The zero-order valence-corrected chi connectivity index (χ0v) is 8.67. The first kappa shape index (κ1) is 18.4. The van der Waals surface area contributed by atoms with Crippen molar-refractivity contribution in [2.75, 3.05) is 0 Å². The first-order valence-corrected chi connectivity index (χ1v) is 4.08. The summed E-state index contributed by atoms with van der Waals surface area (Å²) in [4.78, 5) is 0. The predicted molar refractivity (Wildman–Crippen MR) is 36.0 cm³/mol. The Balaban J connectivity index is 5.92. The second kappa shape index (κ2) is 4.48. The van der Waals surface area contributed by atoms with Crippen LogP contribution < -0.4 is 0 Å². The van der Waals surface area contributed by atoms with Gasteiger partial charge in [-0.05, 0) is 11.6 Å². The highest BCUT2D eigenvalue weighted by atomic mass is 35.5. The molecule has 0 amide bonds. The molecule has 0 atom stereocenters. The Morgan fingerprint density at radius 2 is 0.895 bits per heavy atom. The van der Waals surface area contributed by atoms with Crippen molar-refractivity contribution in [3.63, 3.8) is 0 Å². The third kappa shape index (κ3) is 2.42. The lowest BCUT2D eigenvalue weighted by Crippen LogP contribution is -2.66. The van der Waals surface area contributed by atoms with Crippen LogP contribution in [0.25, 0.3) is 0 Å². The fourth-order valence-corrected chi connectivity index (χ4v) is 0.810. The van der Waals surface area contributed by atoms with Gasteiger partial charge in [0.15, 0.2) is 0 Å². The molecule has 13 heteroatoms. The average molecular weight is 335 g/mol. The van der Waals surface area contributed by atoms with E-state index < -0.39 is 35.5 Å². The fourth-order valence-electron chi connectivity index (χ4n) is 0.691. The van der Waals surface area contributed by atoms with Gasteiger partial charge in [0, 0.05) is 0 Å². The first-order valence-electron chi connectivity index (χ1n) is 3.71. The van der Waals surface area contributed by atoms with Crippen LogP contribution in [0.4, 0.5) is 52.7 Å². The maximum absolute atomic E-state index is 12.4. The van der Waals surface area contributed by atoms with Gasteiger partial charge in [-0.15, -0.1) is 0 Å². The van der Waals surface area contributed by atoms with E-state index in [0.717, 1.165) is 0 Å². The van der Waals surface area contributed by atoms with Crippen molar-refractivity contribution in [3.8, 4) is 0 Å². The number of rotatable bonds is 5. The van der Waals surface area contributed by atoms with Gasteiger partial charge >= 0.3 is 35.5 Å². The highest BCUT2D eigenvalue weighted by Gasteiger charge is 2.88. The Morgan fingerprint density at radius 1 is 0.579 bits per heavy atom. The largest absolute Gasteiger partial charge is 0.393 e. The summed E-state index contributed by atoms with van der Waals surface area (Å²) in [6, 6.07) is 0. The monoisotopic (exact) mass is 335 g/mol. The summed E-state index contributed by atoms with van der Waals surface area (Å²) < 4.78 is 145. The second-order valence-electron chi connectivity index (χ2n) is 3.06. The highest BCUT2D eigenvalue weighted by Crippen LogP contribution is 2.59. The van der Waals surface area contributed by atoms with E-state index in [1.807, 2.05) is 0 Å². The second-order valence-corrected chi connectivity index (χ2v) is 3.53. The van der Waals surface area contributed by atoms with Crippen LogP contribution in [-0.4, -0.2) is 29.1 Å². The summed E-state index contributed by atoms with van der Waals surface area (Å²) in [6.45, 7) is 0. The minimum absolute atomic E-state index is 3.41. The molecule has 0 aliphatic rings. The molecular weight excluding hydrogens is 335 g/mol. The molecule has 0 fully saturated rings. The maximum atomic E-state index is 12.4. The number of hydrogen-bond donors (Lipinski definition) is 0. The van der Waals surface area contributed by atoms with Crippen molar-refractivity contribution in [2.45, 2.75) is 29.1 Å². The molecule has 0 aliphatic carbocycles. The van der Waals surface area contributed by atoms with Crippen LogP contribution in [0.15, 0.2) is 0 Å². The summed E-state index contributed by atoms with van der Waals surface area (Å²) in [5, 5.41) is -6.39. The van der Waals surface area contributed by atoms with Gasteiger partial charge in [0.1, 0.15) is 0 Å². The summed E-state index contributed by atoms with van der Waals surface area (Å²) in [6.07, 6.45) is -4.66. The molecule has 0 aromatic carbocycles. The van der Waals surface area contributed by atoms with Crippen LogP contribution >= 0.6 is 11.6 Å². The quantitative estimate of drug-likeness (QED) is 0.501. The average Bonchev–Trinajstić information content (AvgIpc) is 2.14. The first-order chi connectivity index (χ1) is 7.94. The molecule has 0 rings (SSSR count). The molecule has 0 spiro atoms. The van der Waals surface area contributed by atoms with E-state index >= 15 is 0 Å². The van der Waals surface area contributed by atoms with Crippen LogP contribution in [0.5, 0.6) is 0 Å². The van der Waals surface area contributed by atoms with Gasteiger partial charge in [0.2, 0.25) is 0 Å². The van der Waals surface area contributed by atoms with Crippen molar-refractivity contribution in [2.24, 2.45) is 0 Å². The van der Waals surface area contributed by atoms with E-state index in [1.165, 1.54) is 0 Å². The van der Waals surface area contributed by atoms with E-state index in [-0.39, 0.29) is 0 Å². The van der Waals surface area contributed by atoms with Crippen LogP contribution in [0, 0.1) is 6.43 Å². The highest BCUT2D eigenvalue weighted by molar-refractivity contribution is 6.22. The lowest BCUT2D eigenvalue weighted by Gasteiger charge is -2.37. The van der Waals surface area contributed by atoms with E-state index in [0.29, 0.717) is 0 Å². The molecule has 0 aliphatic heterocycles. The summed E-state index contributed by atoms with van der Waals surface area (Å²) in [5.74, 6) is -29.4. The van der Waals surface area contributed by atoms with Crippen LogP contribution in [-0.2, 0) is 0 Å². The number of halogens is 13. The van der Waals surface area contributed by atoms with Crippen molar-refractivity contribution < 1.29 is 52.7 Å². The predicted octanol–water partition coefficient (Wildman–Crippen LogP) is 4.79. The molecule has 0 saturated carbocycles. The lowest BCUT2D eigenvalue weighted by molar-refractivity contribution is -0.392. The van der Waals surface area contributed by atoms with Gasteiger partial charge in [-0.2, -0.15) is 52.7 Å². The molecule has 0 nitrogen and oxygen atoms in total. The minimum atomic E-state index is -7.56. The van der Waals surface area contributed by atoms with E-state index in [2.05, 4.69) is 11.6 Å². The Bertz CT molecular complexity index is 328. The third-order valence-corrected chi connectivity index (χ3v) is 2.01. The van der Waals surface area contributed by atoms with Gasteiger partial charge in [0.05, 0.1) is 0 Å². The molecule has 0 N–H and O–H groups in total. The molecule has 1 radical (unpaired) electrons. The SMILES string of the molecule is F[C](F)C(F)(F)C(F)(F)C(F)(F)C(F)(F)C(F)(F)Cl. The molecule has 0 unspecified atom stereocenters. The summed E-state index contributed by atoms with van der Waals surface area (Å²) in [5.41, 5.74) is 0. The molecule has 19 heavy (non-hydrogen) atoms. The summed E-state index contributed by atoms with van der Waals surface area (Å²) in [7, 11) is 0. The van der Waals surface area contributed by atoms with Crippen LogP contribution in [0.3, 0.4) is 0 Å². The Labute approximate surface area is 101 Å². The zero-order chi connectivity index (χ0) is 16.1. The van der Waals surface area contributed by atoms with Gasteiger partial charge in [-0.1, -0.05) is 0 Å². The molecule has 0 aromatic rings. The summed E-state index contributed by atoms with van der Waals surface area (Å²) >= 11 is 3.41. The maximum Gasteiger partial charge on any atom is 0.393 e. The normalized spacial score (nSPS) is 16.1. The topological polar surface area (TPSA) is 0 Å². The Morgan fingerprint density at radius 3 is 1.11 bits per heavy atom. The molecule has 0 saturated heterocycles. The molecular formula is C6ClF12. The standard InChI is InChI=1S/C6ClF12/c7-6(18,19)5(16,17)4(14,15)3(12,13)2(10,11)1(8)9.